The highest BCUT2D eigenvalue weighted by Crippen LogP contribution is 2.39. The highest BCUT2D eigenvalue weighted by Gasteiger charge is 2.40. The third kappa shape index (κ3) is 4.92. The Morgan fingerprint density at radius 1 is 1.14 bits per heavy atom. The predicted molar refractivity (Wildman–Crippen MR) is 130 cm³/mol. The van der Waals surface area contributed by atoms with Gasteiger partial charge in [-0.1, -0.05) is 30.3 Å². The second-order valence-electron chi connectivity index (χ2n) is 9.90. The van der Waals surface area contributed by atoms with E-state index in [0.29, 0.717) is 29.8 Å². The summed E-state index contributed by atoms with van der Waals surface area (Å²) < 4.78 is 40.8. The molecule has 10 heteroatoms. The third-order valence-corrected chi connectivity index (χ3v) is 7.48. The largest absolute Gasteiger partial charge is 0.416 e. The van der Waals surface area contributed by atoms with Crippen LogP contribution < -0.4 is 10.6 Å². The lowest BCUT2D eigenvalue weighted by atomic mass is 9.76. The zero-order chi connectivity index (χ0) is 25.5. The molecule has 192 valence electrons. The SMILES string of the molecule is Cn1nc(NCC(=O)NC2CN(C3CCC(O)(c4ccccc4)CC3)C2)c2cc(C(F)(F)F)ccc21. The number of aliphatic hydroxyl groups is 1. The molecule has 0 spiro atoms. The summed E-state index contributed by atoms with van der Waals surface area (Å²) in [5, 5.41) is 21.5. The highest BCUT2D eigenvalue weighted by atomic mass is 19.4. The van der Waals surface area contributed by atoms with E-state index in [9.17, 15) is 23.1 Å². The Bertz CT molecular complexity index is 1230. The Labute approximate surface area is 207 Å². The van der Waals surface area contributed by atoms with E-state index < -0.39 is 17.3 Å². The molecule has 1 aromatic heterocycles. The summed E-state index contributed by atoms with van der Waals surface area (Å²) in [6, 6.07) is 13.7. The molecule has 0 unspecified atom stereocenters. The van der Waals surface area contributed by atoms with Gasteiger partial charge in [0.2, 0.25) is 5.91 Å². The maximum absolute atomic E-state index is 13.1. The molecule has 7 nitrogen and oxygen atoms in total. The molecule has 3 N–H and O–H groups in total. The lowest BCUT2D eigenvalue weighted by Crippen LogP contribution is -2.63. The number of benzene rings is 2. The molecule has 3 aromatic rings. The zero-order valence-electron chi connectivity index (χ0n) is 20.1. The van der Waals surface area contributed by atoms with Gasteiger partial charge < -0.3 is 15.7 Å². The molecule has 2 aliphatic rings. The van der Waals surface area contributed by atoms with Crippen molar-refractivity contribution in [3.63, 3.8) is 0 Å². The Balaban J connectivity index is 1.09. The Morgan fingerprint density at radius 3 is 2.50 bits per heavy atom. The smallest absolute Gasteiger partial charge is 0.385 e. The van der Waals surface area contributed by atoms with Crippen LogP contribution in [0.5, 0.6) is 0 Å². The quantitative estimate of drug-likeness (QED) is 0.481. The van der Waals surface area contributed by atoms with Gasteiger partial charge in [-0.25, -0.2) is 0 Å². The van der Waals surface area contributed by atoms with Crippen molar-refractivity contribution in [3.05, 3.63) is 59.7 Å². The van der Waals surface area contributed by atoms with Crippen LogP contribution in [-0.4, -0.2) is 57.4 Å². The minimum absolute atomic E-state index is 0.0338. The van der Waals surface area contributed by atoms with Crippen LogP contribution in [0.2, 0.25) is 0 Å². The summed E-state index contributed by atoms with van der Waals surface area (Å²) in [6.45, 7) is 1.43. The van der Waals surface area contributed by atoms with E-state index in [-0.39, 0.29) is 24.3 Å². The number of rotatable bonds is 6. The van der Waals surface area contributed by atoms with E-state index in [0.717, 1.165) is 43.6 Å². The van der Waals surface area contributed by atoms with Gasteiger partial charge >= 0.3 is 6.18 Å². The van der Waals surface area contributed by atoms with Crippen molar-refractivity contribution in [2.75, 3.05) is 25.0 Å². The fourth-order valence-corrected chi connectivity index (χ4v) is 5.40. The first kappa shape index (κ1) is 24.6. The maximum Gasteiger partial charge on any atom is 0.416 e. The molecule has 5 rings (SSSR count). The minimum atomic E-state index is -4.45. The summed E-state index contributed by atoms with van der Waals surface area (Å²) in [5.41, 5.74) is 0.000457. The number of halogens is 3. The fourth-order valence-electron chi connectivity index (χ4n) is 5.40. The van der Waals surface area contributed by atoms with Crippen LogP contribution in [0, 0.1) is 0 Å². The number of amides is 1. The number of carbonyl (C=O) groups excluding carboxylic acids is 1. The molecule has 0 atom stereocenters. The topological polar surface area (TPSA) is 82.4 Å². The van der Waals surface area contributed by atoms with Gasteiger partial charge in [-0.15, -0.1) is 0 Å². The van der Waals surface area contributed by atoms with Gasteiger partial charge in [0.25, 0.3) is 0 Å². The van der Waals surface area contributed by atoms with Crippen molar-refractivity contribution in [1.82, 2.24) is 20.0 Å². The van der Waals surface area contributed by atoms with Crippen molar-refractivity contribution in [1.29, 1.82) is 0 Å². The number of aromatic nitrogens is 2. The number of aryl methyl sites for hydroxylation is 1. The molecule has 1 aliphatic heterocycles. The third-order valence-electron chi connectivity index (χ3n) is 7.48. The number of likely N-dealkylation sites (tertiary alicyclic amines) is 1. The first-order valence-electron chi connectivity index (χ1n) is 12.2. The molecule has 2 fully saturated rings. The first-order chi connectivity index (χ1) is 17.1. The van der Waals surface area contributed by atoms with E-state index in [4.69, 9.17) is 0 Å². The van der Waals surface area contributed by atoms with E-state index in [2.05, 4.69) is 20.6 Å². The van der Waals surface area contributed by atoms with Crippen LogP contribution in [-0.2, 0) is 23.6 Å². The van der Waals surface area contributed by atoms with Crippen molar-refractivity contribution >= 4 is 22.6 Å². The Kier molecular flexibility index (Phi) is 6.42. The second kappa shape index (κ2) is 9.40. The second-order valence-corrected chi connectivity index (χ2v) is 9.90. The summed E-state index contributed by atoms with van der Waals surface area (Å²) >= 11 is 0. The van der Waals surface area contributed by atoms with Crippen LogP contribution in [0.15, 0.2) is 48.5 Å². The molecule has 0 radical (unpaired) electrons. The molecule has 2 aromatic carbocycles. The van der Waals surface area contributed by atoms with E-state index >= 15 is 0 Å². The van der Waals surface area contributed by atoms with Gasteiger partial charge in [0.1, 0.15) is 0 Å². The van der Waals surface area contributed by atoms with Crippen molar-refractivity contribution in [2.45, 2.75) is 49.5 Å². The zero-order valence-corrected chi connectivity index (χ0v) is 20.1. The molecule has 1 amide bonds. The maximum atomic E-state index is 13.1. The summed E-state index contributed by atoms with van der Waals surface area (Å²) in [5.74, 6) is 0.0182. The normalized spacial score (nSPS) is 23.4. The van der Waals surface area contributed by atoms with Gasteiger partial charge in [-0.05, 0) is 49.4 Å². The summed E-state index contributed by atoms with van der Waals surface area (Å²) in [4.78, 5) is 14.8. The number of hydrogen-bond donors (Lipinski definition) is 3. The molecular formula is C26H30F3N5O2. The van der Waals surface area contributed by atoms with E-state index in [1.807, 2.05) is 30.3 Å². The first-order valence-corrected chi connectivity index (χ1v) is 12.2. The lowest BCUT2D eigenvalue weighted by molar-refractivity contribution is -0.137. The molecule has 0 bridgehead atoms. The highest BCUT2D eigenvalue weighted by molar-refractivity contribution is 5.92. The molecule has 1 aliphatic carbocycles. The summed E-state index contributed by atoms with van der Waals surface area (Å²) in [7, 11) is 1.65. The van der Waals surface area contributed by atoms with Crippen molar-refractivity contribution in [3.8, 4) is 0 Å². The van der Waals surface area contributed by atoms with Gasteiger partial charge in [0.15, 0.2) is 5.82 Å². The number of carbonyl (C=O) groups is 1. The van der Waals surface area contributed by atoms with Crippen molar-refractivity contribution in [2.24, 2.45) is 7.05 Å². The average molecular weight is 502 g/mol. The van der Waals surface area contributed by atoms with Gasteiger partial charge in [0, 0.05) is 31.6 Å². The Hall–Kier alpha value is -3.11. The van der Waals surface area contributed by atoms with Crippen molar-refractivity contribution < 1.29 is 23.1 Å². The Morgan fingerprint density at radius 2 is 1.83 bits per heavy atom. The minimum Gasteiger partial charge on any atom is -0.385 e. The van der Waals surface area contributed by atoms with Crippen LogP contribution in [0.4, 0.5) is 19.0 Å². The number of fused-ring (bicyclic) bond motifs is 1. The average Bonchev–Trinajstić information content (AvgIpc) is 3.15. The number of nitrogens with zero attached hydrogens (tertiary/aromatic N) is 3. The standard InChI is InChI=1S/C26H30F3N5O2/c1-33-22-8-7-18(26(27,28)29)13-21(22)24(32-33)30-14-23(35)31-19-15-34(16-19)20-9-11-25(36,12-10-20)17-5-3-2-4-6-17/h2-8,13,19-20,36H,9-12,14-16H2,1H3,(H,30,32)(H,31,35). The van der Waals surface area contributed by atoms with Crippen LogP contribution in [0.3, 0.4) is 0 Å². The van der Waals surface area contributed by atoms with Crippen LogP contribution >= 0.6 is 0 Å². The molecular weight excluding hydrogens is 471 g/mol. The lowest BCUT2D eigenvalue weighted by Gasteiger charge is -2.48. The van der Waals surface area contributed by atoms with E-state index in [1.165, 1.54) is 10.7 Å². The van der Waals surface area contributed by atoms with Gasteiger partial charge in [-0.2, -0.15) is 18.3 Å². The van der Waals surface area contributed by atoms with E-state index in [1.54, 1.807) is 7.05 Å². The number of nitrogens with one attached hydrogen (secondary N) is 2. The van der Waals surface area contributed by atoms with Crippen LogP contribution in [0.25, 0.3) is 10.9 Å². The molecule has 2 heterocycles. The van der Waals surface area contributed by atoms with Gasteiger partial charge in [0.05, 0.1) is 29.3 Å². The monoisotopic (exact) mass is 501 g/mol. The molecule has 1 saturated heterocycles. The van der Waals surface area contributed by atoms with Crippen LogP contribution in [0.1, 0.15) is 36.8 Å². The number of anilines is 1. The number of hydrogen-bond acceptors (Lipinski definition) is 5. The fraction of sp³-hybridized carbons (Fsp3) is 0.462. The molecule has 36 heavy (non-hydrogen) atoms. The van der Waals surface area contributed by atoms with Gasteiger partial charge in [-0.3, -0.25) is 14.4 Å². The predicted octanol–water partition coefficient (Wildman–Crippen LogP) is 3.63. The molecule has 1 saturated carbocycles. The summed E-state index contributed by atoms with van der Waals surface area (Å²) in [6.07, 6.45) is -1.21. The number of alkyl halides is 3.